The number of carbonyl (C=O) groups is 1. The summed E-state index contributed by atoms with van der Waals surface area (Å²) in [7, 11) is 0. The van der Waals surface area contributed by atoms with E-state index in [9.17, 15) is 18.0 Å². The van der Waals surface area contributed by atoms with Crippen molar-refractivity contribution < 1.29 is 22.7 Å². The van der Waals surface area contributed by atoms with Gasteiger partial charge in [-0.15, -0.1) is 0 Å². The third kappa shape index (κ3) is 3.32. The first kappa shape index (κ1) is 16.1. The minimum atomic E-state index is -4.40. The predicted molar refractivity (Wildman–Crippen MR) is 64.5 cm³/mol. The SMILES string of the molecule is CC(C)(C)OC(=O)N1C[C@H](CN)[C@@](C)(C(F)(F)F)C1. The molecule has 0 unspecified atom stereocenters. The van der Waals surface area contributed by atoms with Crippen molar-refractivity contribution in [3.05, 3.63) is 0 Å². The van der Waals surface area contributed by atoms with Crippen LogP contribution in [0.2, 0.25) is 0 Å². The fraction of sp³-hybridized carbons (Fsp3) is 0.917. The number of nitrogens with zero attached hydrogens (tertiary/aromatic N) is 1. The van der Waals surface area contributed by atoms with Gasteiger partial charge in [-0.05, 0) is 34.2 Å². The van der Waals surface area contributed by atoms with Gasteiger partial charge in [-0.3, -0.25) is 0 Å². The number of alkyl halides is 3. The van der Waals surface area contributed by atoms with Gasteiger partial charge in [0.1, 0.15) is 5.60 Å². The van der Waals surface area contributed by atoms with Gasteiger partial charge in [-0.2, -0.15) is 13.2 Å². The Kier molecular flexibility index (Phi) is 4.10. The minimum Gasteiger partial charge on any atom is -0.444 e. The highest BCUT2D eigenvalue weighted by Gasteiger charge is 2.60. The van der Waals surface area contributed by atoms with Crippen molar-refractivity contribution in [2.75, 3.05) is 19.6 Å². The molecule has 1 rings (SSSR count). The lowest BCUT2D eigenvalue weighted by Gasteiger charge is -2.32. The van der Waals surface area contributed by atoms with E-state index in [0.29, 0.717) is 0 Å². The number of hydrogen-bond donors (Lipinski definition) is 1. The number of hydrogen-bond acceptors (Lipinski definition) is 3. The summed E-state index contributed by atoms with van der Waals surface area (Å²) in [6.07, 6.45) is -5.12. The first-order chi connectivity index (χ1) is 8.40. The zero-order valence-corrected chi connectivity index (χ0v) is 11.7. The Balaban J connectivity index is 2.86. The molecule has 4 nitrogen and oxygen atoms in total. The maximum absolute atomic E-state index is 13.1. The van der Waals surface area contributed by atoms with Crippen molar-refractivity contribution in [2.24, 2.45) is 17.1 Å². The average molecular weight is 282 g/mol. The predicted octanol–water partition coefficient (Wildman–Crippen LogP) is 2.38. The van der Waals surface area contributed by atoms with Gasteiger partial charge in [0.2, 0.25) is 0 Å². The fourth-order valence-corrected chi connectivity index (χ4v) is 2.18. The molecule has 0 radical (unpaired) electrons. The smallest absolute Gasteiger partial charge is 0.410 e. The van der Waals surface area contributed by atoms with Crippen LogP contribution in [0.15, 0.2) is 0 Å². The Hall–Kier alpha value is -0.980. The third-order valence-corrected chi connectivity index (χ3v) is 3.44. The molecular weight excluding hydrogens is 261 g/mol. The molecule has 1 fully saturated rings. The molecule has 0 aliphatic carbocycles. The van der Waals surface area contributed by atoms with Gasteiger partial charge in [0.05, 0.1) is 5.41 Å². The molecule has 1 aliphatic rings. The molecule has 19 heavy (non-hydrogen) atoms. The lowest BCUT2D eigenvalue weighted by atomic mass is 9.79. The lowest BCUT2D eigenvalue weighted by Crippen LogP contribution is -2.45. The Morgan fingerprint density at radius 1 is 1.42 bits per heavy atom. The second-order valence-electron chi connectivity index (χ2n) is 6.21. The van der Waals surface area contributed by atoms with E-state index >= 15 is 0 Å². The largest absolute Gasteiger partial charge is 0.444 e. The lowest BCUT2D eigenvalue weighted by molar-refractivity contribution is -0.224. The Morgan fingerprint density at radius 2 is 1.95 bits per heavy atom. The van der Waals surface area contributed by atoms with Crippen molar-refractivity contribution in [3.63, 3.8) is 0 Å². The van der Waals surface area contributed by atoms with E-state index in [4.69, 9.17) is 10.5 Å². The summed E-state index contributed by atoms with van der Waals surface area (Å²) < 4.78 is 44.5. The Labute approximate surface area is 111 Å². The molecule has 1 aliphatic heterocycles. The van der Waals surface area contributed by atoms with Crippen molar-refractivity contribution in [2.45, 2.75) is 39.5 Å². The zero-order chi connectivity index (χ0) is 15.1. The van der Waals surface area contributed by atoms with Gasteiger partial charge in [0.15, 0.2) is 0 Å². The van der Waals surface area contributed by atoms with E-state index in [0.717, 1.165) is 11.8 Å². The number of amides is 1. The van der Waals surface area contributed by atoms with Crippen LogP contribution in [0, 0.1) is 11.3 Å². The highest BCUT2D eigenvalue weighted by atomic mass is 19.4. The van der Waals surface area contributed by atoms with Crippen LogP contribution in [0.1, 0.15) is 27.7 Å². The molecule has 1 saturated heterocycles. The van der Waals surface area contributed by atoms with E-state index < -0.39 is 35.7 Å². The van der Waals surface area contributed by atoms with Crippen molar-refractivity contribution in [1.29, 1.82) is 0 Å². The summed E-state index contributed by atoms with van der Waals surface area (Å²) in [5.74, 6) is -0.806. The first-order valence-corrected chi connectivity index (χ1v) is 6.15. The molecule has 2 N–H and O–H groups in total. The summed E-state index contributed by atoms with van der Waals surface area (Å²) >= 11 is 0. The van der Waals surface area contributed by atoms with Crippen LogP contribution in [-0.2, 0) is 4.74 Å². The minimum absolute atomic E-state index is 0.0264. The monoisotopic (exact) mass is 282 g/mol. The van der Waals surface area contributed by atoms with Crippen LogP contribution in [0.25, 0.3) is 0 Å². The van der Waals surface area contributed by atoms with Crippen molar-refractivity contribution in [1.82, 2.24) is 4.90 Å². The highest BCUT2D eigenvalue weighted by molar-refractivity contribution is 5.68. The normalized spacial score (nSPS) is 28.6. The number of halogens is 3. The zero-order valence-electron chi connectivity index (χ0n) is 11.7. The average Bonchev–Trinajstić information content (AvgIpc) is 2.53. The number of likely N-dealkylation sites (tertiary alicyclic amines) is 1. The van der Waals surface area contributed by atoms with Gasteiger partial charge < -0.3 is 15.4 Å². The van der Waals surface area contributed by atoms with E-state index in [2.05, 4.69) is 0 Å². The van der Waals surface area contributed by atoms with E-state index in [1.807, 2.05) is 0 Å². The molecule has 0 aromatic heterocycles. The standard InChI is InChI=1S/C12H21F3N2O2/c1-10(2,3)19-9(18)17-6-8(5-16)11(4,7-17)12(13,14)15/h8H,5-7,16H2,1-4H3/t8-,11-/m0/s1. The second-order valence-corrected chi connectivity index (χ2v) is 6.21. The van der Waals surface area contributed by atoms with Crippen LogP contribution in [-0.4, -0.2) is 42.4 Å². The van der Waals surface area contributed by atoms with Crippen molar-refractivity contribution >= 4 is 6.09 Å². The molecule has 112 valence electrons. The van der Waals surface area contributed by atoms with Gasteiger partial charge in [0, 0.05) is 19.0 Å². The summed E-state index contributed by atoms with van der Waals surface area (Å²) in [5.41, 5.74) is 2.71. The van der Waals surface area contributed by atoms with Crippen molar-refractivity contribution in [3.8, 4) is 0 Å². The molecule has 0 bridgehead atoms. The van der Waals surface area contributed by atoms with Crippen LogP contribution in [0.4, 0.5) is 18.0 Å². The highest BCUT2D eigenvalue weighted by Crippen LogP contribution is 2.48. The molecule has 0 aromatic rings. The summed E-state index contributed by atoms with van der Waals surface area (Å²) in [5, 5.41) is 0. The molecule has 1 amide bonds. The first-order valence-electron chi connectivity index (χ1n) is 6.15. The maximum Gasteiger partial charge on any atom is 0.410 e. The van der Waals surface area contributed by atoms with Gasteiger partial charge in [-0.25, -0.2) is 4.79 Å². The quantitative estimate of drug-likeness (QED) is 0.803. The van der Waals surface area contributed by atoms with Crippen LogP contribution < -0.4 is 5.73 Å². The van der Waals surface area contributed by atoms with Crippen LogP contribution >= 0.6 is 0 Å². The fourth-order valence-electron chi connectivity index (χ4n) is 2.18. The third-order valence-electron chi connectivity index (χ3n) is 3.44. The van der Waals surface area contributed by atoms with Gasteiger partial charge in [-0.1, -0.05) is 0 Å². The van der Waals surface area contributed by atoms with Crippen LogP contribution in [0.3, 0.4) is 0 Å². The van der Waals surface area contributed by atoms with Crippen LogP contribution in [0.5, 0.6) is 0 Å². The number of rotatable bonds is 1. The van der Waals surface area contributed by atoms with Gasteiger partial charge >= 0.3 is 12.3 Å². The number of carbonyl (C=O) groups excluding carboxylic acids is 1. The molecule has 2 atom stereocenters. The van der Waals surface area contributed by atoms with Gasteiger partial charge in [0.25, 0.3) is 0 Å². The second kappa shape index (κ2) is 4.85. The summed E-state index contributed by atoms with van der Waals surface area (Å²) in [6, 6.07) is 0. The Morgan fingerprint density at radius 3 is 2.26 bits per heavy atom. The molecule has 0 aromatic carbocycles. The summed E-state index contributed by atoms with van der Waals surface area (Å²) in [4.78, 5) is 12.9. The maximum atomic E-state index is 13.1. The molecular formula is C12H21F3N2O2. The molecule has 1 heterocycles. The Bertz CT molecular complexity index is 352. The van der Waals surface area contributed by atoms with E-state index in [1.165, 1.54) is 0 Å². The summed E-state index contributed by atoms with van der Waals surface area (Å²) in [6.45, 7) is 5.57. The molecule has 7 heteroatoms. The number of nitrogens with two attached hydrogens (primary N) is 1. The topological polar surface area (TPSA) is 55.6 Å². The van der Waals surface area contributed by atoms with E-state index in [1.54, 1.807) is 20.8 Å². The molecule has 0 spiro atoms. The molecule has 0 saturated carbocycles. The van der Waals surface area contributed by atoms with E-state index in [-0.39, 0.29) is 13.1 Å². The number of ether oxygens (including phenoxy) is 1.